The second kappa shape index (κ2) is 5.21. The van der Waals surface area contributed by atoms with Gasteiger partial charge >= 0.3 is 6.18 Å². The maximum absolute atomic E-state index is 12.5. The smallest absolute Gasteiger partial charge is 0.315 e. The minimum absolute atomic E-state index is 0.169. The average molecular weight is 273 g/mol. The Bertz CT molecular complexity index is 590. The van der Waals surface area contributed by atoms with Gasteiger partial charge in [0.15, 0.2) is 0 Å². The van der Waals surface area contributed by atoms with E-state index >= 15 is 0 Å². The number of alkyl halides is 3. The van der Waals surface area contributed by atoms with Crippen LogP contribution in [0.3, 0.4) is 0 Å². The van der Waals surface area contributed by atoms with Crippen molar-refractivity contribution < 1.29 is 13.2 Å². The fourth-order valence-corrected chi connectivity index (χ4v) is 1.61. The fraction of sp³-hybridized carbons (Fsp3) is 0.400. The van der Waals surface area contributed by atoms with Crippen LogP contribution in [-0.4, -0.2) is 24.8 Å². The van der Waals surface area contributed by atoms with Crippen LogP contribution in [0.1, 0.15) is 12.0 Å². The lowest BCUT2D eigenvalue weighted by Gasteiger charge is -2.09. The van der Waals surface area contributed by atoms with E-state index in [9.17, 15) is 18.0 Å². The summed E-state index contributed by atoms with van der Waals surface area (Å²) in [5, 5.41) is 10.5. The van der Waals surface area contributed by atoms with Crippen LogP contribution < -0.4 is 5.56 Å². The van der Waals surface area contributed by atoms with Gasteiger partial charge in [-0.3, -0.25) is 4.79 Å². The van der Waals surface area contributed by atoms with E-state index in [1.54, 1.807) is 0 Å². The second-order valence-corrected chi connectivity index (χ2v) is 3.84. The number of aryl methyl sites for hydroxylation is 2. The van der Waals surface area contributed by atoms with Crippen molar-refractivity contribution in [1.29, 1.82) is 0 Å². The van der Waals surface area contributed by atoms with E-state index in [4.69, 9.17) is 0 Å². The molecule has 0 spiro atoms. The Morgan fingerprint density at radius 3 is 2.68 bits per heavy atom. The van der Waals surface area contributed by atoms with E-state index in [0.717, 1.165) is 10.6 Å². The summed E-state index contributed by atoms with van der Waals surface area (Å²) in [5.74, 6) is 0. The third-order valence-electron chi connectivity index (χ3n) is 2.50. The molecule has 2 rings (SSSR count). The largest absolute Gasteiger partial charge is 0.421 e. The summed E-state index contributed by atoms with van der Waals surface area (Å²) in [4.78, 5) is 11.6. The van der Waals surface area contributed by atoms with Crippen molar-refractivity contribution in [3.63, 3.8) is 0 Å². The van der Waals surface area contributed by atoms with Crippen molar-refractivity contribution in [3.05, 3.63) is 40.6 Å². The summed E-state index contributed by atoms with van der Waals surface area (Å²) < 4.78 is 40.1. The monoisotopic (exact) mass is 273 g/mol. The molecule has 102 valence electrons. The summed E-state index contributed by atoms with van der Waals surface area (Å²) >= 11 is 0. The zero-order valence-corrected chi connectivity index (χ0v) is 9.71. The molecular formula is C10H10F3N5O. The molecule has 0 aliphatic carbocycles. The number of aromatic nitrogens is 5. The number of hydrogen-bond donors (Lipinski definition) is 0. The van der Waals surface area contributed by atoms with Crippen LogP contribution in [0.25, 0.3) is 0 Å². The summed E-state index contributed by atoms with van der Waals surface area (Å²) in [6, 6.07) is 1.99. The quantitative estimate of drug-likeness (QED) is 0.831. The molecule has 19 heavy (non-hydrogen) atoms. The van der Waals surface area contributed by atoms with E-state index in [2.05, 4.69) is 15.5 Å². The summed E-state index contributed by atoms with van der Waals surface area (Å²) in [6.45, 7) is 0.596. The van der Waals surface area contributed by atoms with Gasteiger partial charge in [-0.05, 0) is 29.0 Å². The highest BCUT2D eigenvalue weighted by molar-refractivity contribution is 5.13. The number of hydrogen-bond acceptors (Lipinski definition) is 4. The lowest BCUT2D eigenvalue weighted by molar-refractivity contribution is -0.139. The molecule has 2 aromatic heterocycles. The molecule has 0 radical (unpaired) electrons. The first-order chi connectivity index (χ1) is 8.98. The van der Waals surface area contributed by atoms with Gasteiger partial charge in [0.2, 0.25) is 0 Å². The Kier molecular flexibility index (Phi) is 3.63. The molecule has 0 N–H and O–H groups in total. The molecule has 0 aliphatic heterocycles. The first-order valence-electron chi connectivity index (χ1n) is 5.46. The molecule has 0 aliphatic rings. The summed E-state index contributed by atoms with van der Waals surface area (Å²) in [7, 11) is 0. The van der Waals surface area contributed by atoms with Crippen LogP contribution >= 0.6 is 0 Å². The predicted molar refractivity (Wildman–Crippen MR) is 58.1 cm³/mol. The van der Waals surface area contributed by atoms with Gasteiger partial charge in [0.25, 0.3) is 5.56 Å². The van der Waals surface area contributed by atoms with E-state index in [0.29, 0.717) is 13.0 Å². The maximum Gasteiger partial charge on any atom is 0.421 e. The van der Waals surface area contributed by atoms with Crippen molar-refractivity contribution in [2.24, 2.45) is 0 Å². The number of rotatable bonds is 4. The Labute approximate surface area is 105 Å². The lowest BCUT2D eigenvalue weighted by atomic mass is 10.2. The van der Waals surface area contributed by atoms with Crippen LogP contribution in [0.4, 0.5) is 13.2 Å². The Balaban J connectivity index is 2.07. The minimum atomic E-state index is -4.63. The molecule has 6 nitrogen and oxygen atoms in total. The van der Waals surface area contributed by atoms with Gasteiger partial charge < -0.3 is 4.57 Å². The zero-order valence-electron chi connectivity index (χ0n) is 9.71. The Hall–Kier alpha value is -2.19. The number of nitrogens with zero attached hydrogens (tertiary/aromatic N) is 5. The summed E-state index contributed by atoms with van der Waals surface area (Å²) in [5.41, 5.74) is -2.19. The number of tetrazole rings is 1. The number of halogens is 3. The Morgan fingerprint density at radius 1 is 1.26 bits per heavy atom. The molecule has 0 fully saturated rings. The van der Waals surface area contributed by atoms with Crippen LogP contribution in [-0.2, 0) is 19.3 Å². The topological polar surface area (TPSA) is 65.6 Å². The highest BCUT2D eigenvalue weighted by Crippen LogP contribution is 2.25. The zero-order chi connectivity index (χ0) is 13.9. The molecule has 2 aromatic rings. The predicted octanol–water partition coefficient (Wildman–Crippen LogP) is 0.944. The lowest BCUT2D eigenvalue weighted by Crippen LogP contribution is -2.28. The normalized spacial score (nSPS) is 11.7. The van der Waals surface area contributed by atoms with E-state index in [1.165, 1.54) is 23.3 Å². The number of pyridine rings is 1. The fourth-order valence-electron chi connectivity index (χ4n) is 1.61. The van der Waals surface area contributed by atoms with Gasteiger partial charge in [-0.1, -0.05) is 0 Å². The van der Waals surface area contributed by atoms with Crippen molar-refractivity contribution >= 4 is 0 Å². The van der Waals surface area contributed by atoms with Crippen LogP contribution in [0, 0.1) is 0 Å². The molecule has 0 atom stereocenters. The molecule has 0 saturated carbocycles. The first kappa shape index (κ1) is 13.2. The standard InChI is InChI=1S/C10H10F3N5O/c11-10(12,13)8-3-1-4-17(9(8)19)5-2-6-18-7-14-15-16-18/h1,3-4,7H,2,5-6H2. The van der Waals surface area contributed by atoms with Gasteiger partial charge in [-0.2, -0.15) is 13.2 Å². The van der Waals surface area contributed by atoms with Gasteiger partial charge in [-0.15, -0.1) is 5.10 Å². The molecule has 0 bridgehead atoms. The van der Waals surface area contributed by atoms with Crippen LogP contribution in [0.2, 0.25) is 0 Å². The second-order valence-electron chi connectivity index (χ2n) is 3.84. The van der Waals surface area contributed by atoms with E-state index in [1.807, 2.05) is 0 Å². The molecule has 0 amide bonds. The minimum Gasteiger partial charge on any atom is -0.315 e. The SMILES string of the molecule is O=c1c(C(F)(F)F)cccn1CCCn1cnnn1. The van der Waals surface area contributed by atoms with E-state index in [-0.39, 0.29) is 6.54 Å². The van der Waals surface area contributed by atoms with Crippen molar-refractivity contribution in [3.8, 4) is 0 Å². The van der Waals surface area contributed by atoms with Crippen LogP contribution in [0.15, 0.2) is 29.5 Å². The molecule has 0 saturated heterocycles. The molecule has 0 unspecified atom stereocenters. The third-order valence-corrected chi connectivity index (χ3v) is 2.50. The maximum atomic E-state index is 12.5. The molecule has 0 aromatic carbocycles. The average Bonchev–Trinajstić information content (AvgIpc) is 2.83. The highest BCUT2D eigenvalue weighted by atomic mass is 19.4. The molecule has 2 heterocycles. The summed E-state index contributed by atoms with van der Waals surface area (Å²) in [6.07, 6.45) is -1.45. The van der Waals surface area contributed by atoms with Crippen LogP contribution in [0.5, 0.6) is 0 Å². The van der Waals surface area contributed by atoms with E-state index < -0.39 is 17.3 Å². The van der Waals surface area contributed by atoms with Crippen molar-refractivity contribution in [2.75, 3.05) is 0 Å². The highest BCUT2D eigenvalue weighted by Gasteiger charge is 2.34. The first-order valence-corrected chi connectivity index (χ1v) is 5.46. The Morgan fingerprint density at radius 2 is 2.05 bits per heavy atom. The van der Waals surface area contributed by atoms with Crippen molar-refractivity contribution in [2.45, 2.75) is 25.7 Å². The molecular weight excluding hydrogens is 263 g/mol. The molecule has 9 heteroatoms. The van der Waals surface area contributed by atoms with Crippen molar-refractivity contribution in [1.82, 2.24) is 24.8 Å². The van der Waals surface area contributed by atoms with Gasteiger partial charge in [0.05, 0.1) is 0 Å². The van der Waals surface area contributed by atoms with Gasteiger partial charge in [0.1, 0.15) is 11.9 Å². The third kappa shape index (κ3) is 3.18. The van der Waals surface area contributed by atoms with Gasteiger partial charge in [0, 0.05) is 19.3 Å². The van der Waals surface area contributed by atoms with Gasteiger partial charge in [-0.25, -0.2) is 4.68 Å².